The van der Waals surface area contributed by atoms with Gasteiger partial charge in [0.15, 0.2) is 0 Å². The van der Waals surface area contributed by atoms with Crippen molar-refractivity contribution in [2.24, 2.45) is 5.73 Å². The van der Waals surface area contributed by atoms with Gasteiger partial charge in [0.1, 0.15) is 5.82 Å². The molecule has 0 bridgehead atoms. The van der Waals surface area contributed by atoms with Crippen LogP contribution in [0.3, 0.4) is 0 Å². The normalized spacial score (nSPS) is 14.4. The third-order valence-corrected chi connectivity index (χ3v) is 3.04. The van der Waals surface area contributed by atoms with E-state index in [-0.39, 0.29) is 36.4 Å². The van der Waals surface area contributed by atoms with E-state index < -0.39 is 0 Å². The maximum Gasteiger partial charge on any atom is 0.234 e. The molecule has 2 unspecified atom stereocenters. The number of hydrogen-bond donors (Lipinski definition) is 2. The molecule has 0 radical (unpaired) electrons. The van der Waals surface area contributed by atoms with Gasteiger partial charge in [-0.25, -0.2) is 4.39 Å². The molecule has 0 spiro atoms. The number of carbonyl (C=O) groups excluding carboxylic acids is 1. The van der Waals surface area contributed by atoms with Crippen LogP contribution in [0, 0.1) is 5.82 Å². The van der Waals surface area contributed by atoms with Gasteiger partial charge in [-0.2, -0.15) is 0 Å². The van der Waals surface area contributed by atoms with E-state index in [9.17, 15) is 9.18 Å². The number of carbonyl (C=O) groups is 1. The van der Waals surface area contributed by atoms with Crippen LogP contribution in [0.2, 0.25) is 0 Å². The van der Waals surface area contributed by atoms with Gasteiger partial charge in [0, 0.05) is 17.6 Å². The molecule has 20 heavy (non-hydrogen) atoms. The van der Waals surface area contributed by atoms with E-state index in [1.54, 1.807) is 30.1 Å². The summed E-state index contributed by atoms with van der Waals surface area (Å²) in [6, 6.07) is 5.99. The van der Waals surface area contributed by atoms with E-state index in [1.165, 1.54) is 6.07 Å². The molecular formula is C15H24FN3O. The van der Waals surface area contributed by atoms with Crippen molar-refractivity contribution in [2.45, 2.75) is 38.9 Å². The smallest absolute Gasteiger partial charge is 0.234 e. The second-order valence-electron chi connectivity index (χ2n) is 5.46. The predicted octanol–water partition coefficient (Wildman–Crippen LogP) is 1.67. The summed E-state index contributed by atoms with van der Waals surface area (Å²) in [5, 5.41) is 2.82. The van der Waals surface area contributed by atoms with Crippen LogP contribution >= 0.6 is 0 Å². The highest BCUT2D eigenvalue weighted by Crippen LogP contribution is 2.24. The highest BCUT2D eigenvalue weighted by atomic mass is 19.1. The summed E-state index contributed by atoms with van der Waals surface area (Å²) in [4.78, 5) is 13.6. The van der Waals surface area contributed by atoms with Crippen molar-refractivity contribution in [3.8, 4) is 0 Å². The molecular weight excluding hydrogens is 257 g/mol. The minimum atomic E-state index is -0.339. The summed E-state index contributed by atoms with van der Waals surface area (Å²) in [7, 11) is 1.78. The second kappa shape index (κ2) is 7.36. The average Bonchev–Trinajstić information content (AvgIpc) is 2.30. The minimum absolute atomic E-state index is 0.0816. The summed E-state index contributed by atoms with van der Waals surface area (Å²) in [5.74, 6) is -0.393. The SMILES string of the molecule is CC(C)NC(=O)CN(C)C(c1ccccc1F)C(C)N. The summed E-state index contributed by atoms with van der Waals surface area (Å²) in [6.45, 7) is 5.79. The number of nitrogens with two attached hydrogens (primary N) is 1. The molecule has 0 aliphatic carbocycles. The standard InChI is InChI=1S/C15H24FN3O/c1-10(2)18-14(20)9-19(4)15(11(3)17)12-7-5-6-8-13(12)16/h5-8,10-11,15H,9,17H2,1-4H3,(H,18,20). The maximum absolute atomic E-state index is 13.9. The fourth-order valence-electron chi connectivity index (χ4n) is 2.33. The van der Waals surface area contributed by atoms with Crippen molar-refractivity contribution in [3.05, 3.63) is 35.6 Å². The lowest BCUT2D eigenvalue weighted by Gasteiger charge is -2.31. The molecule has 2 atom stereocenters. The maximum atomic E-state index is 13.9. The molecule has 0 heterocycles. The van der Waals surface area contributed by atoms with Gasteiger partial charge in [0.25, 0.3) is 0 Å². The largest absolute Gasteiger partial charge is 0.353 e. The number of hydrogen-bond acceptors (Lipinski definition) is 3. The Morgan fingerprint density at radius 3 is 2.45 bits per heavy atom. The number of nitrogens with one attached hydrogen (secondary N) is 1. The van der Waals surface area contributed by atoms with Gasteiger partial charge < -0.3 is 11.1 Å². The summed E-state index contributed by atoms with van der Waals surface area (Å²) in [6.07, 6.45) is 0. The molecule has 5 heteroatoms. The van der Waals surface area contributed by atoms with Crippen LogP contribution in [0.15, 0.2) is 24.3 Å². The second-order valence-corrected chi connectivity index (χ2v) is 5.46. The van der Waals surface area contributed by atoms with Gasteiger partial charge in [-0.1, -0.05) is 18.2 Å². The third-order valence-electron chi connectivity index (χ3n) is 3.04. The van der Waals surface area contributed by atoms with E-state index in [4.69, 9.17) is 5.73 Å². The Hall–Kier alpha value is -1.46. The van der Waals surface area contributed by atoms with E-state index in [0.29, 0.717) is 5.56 Å². The Morgan fingerprint density at radius 1 is 1.35 bits per heavy atom. The molecule has 4 nitrogen and oxygen atoms in total. The zero-order valence-corrected chi connectivity index (χ0v) is 12.6. The minimum Gasteiger partial charge on any atom is -0.353 e. The van der Waals surface area contributed by atoms with Crippen molar-refractivity contribution < 1.29 is 9.18 Å². The van der Waals surface area contributed by atoms with E-state index >= 15 is 0 Å². The predicted molar refractivity (Wildman–Crippen MR) is 78.7 cm³/mol. The van der Waals surface area contributed by atoms with Gasteiger partial charge >= 0.3 is 0 Å². The van der Waals surface area contributed by atoms with Crippen LogP contribution in [0.5, 0.6) is 0 Å². The van der Waals surface area contributed by atoms with Crippen LogP contribution in [-0.4, -0.2) is 36.5 Å². The first-order valence-electron chi connectivity index (χ1n) is 6.82. The first kappa shape index (κ1) is 16.6. The highest BCUT2D eigenvalue weighted by Gasteiger charge is 2.25. The van der Waals surface area contributed by atoms with Crippen LogP contribution in [-0.2, 0) is 4.79 Å². The Balaban J connectivity index is 2.87. The lowest BCUT2D eigenvalue weighted by atomic mass is 9.99. The van der Waals surface area contributed by atoms with Crippen molar-refractivity contribution in [3.63, 3.8) is 0 Å². The molecule has 1 rings (SSSR count). The van der Waals surface area contributed by atoms with Crippen molar-refractivity contribution in [1.29, 1.82) is 0 Å². The summed E-state index contributed by atoms with van der Waals surface area (Å²) >= 11 is 0. The molecule has 0 fully saturated rings. The fraction of sp³-hybridized carbons (Fsp3) is 0.533. The molecule has 0 saturated carbocycles. The van der Waals surface area contributed by atoms with Gasteiger partial charge in [-0.3, -0.25) is 9.69 Å². The Labute approximate surface area is 120 Å². The van der Waals surface area contributed by atoms with E-state index in [0.717, 1.165) is 0 Å². The number of amides is 1. The zero-order valence-electron chi connectivity index (χ0n) is 12.6. The molecule has 1 amide bonds. The van der Waals surface area contributed by atoms with E-state index in [1.807, 2.05) is 20.8 Å². The number of rotatable bonds is 6. The van der Waals surface area contributed by atoms with E-state index in [2.05, 4.69) is 5.32 Å². The fourth-order valence-corrected chi connectivity index (χ4v) is 2.33. The van der Waals surface area contributed by atoms with Crippen LogP contribution in [0.25, 0.3) is 0 Å². The molecule has 1 aromatic carbocycles. The molecule has 0 aromatic heterocycles. The topological polar surface area (TPSA) is 58.4 Å². The summed E-state index contributed by atoms with van der Waals surface area (Å²) < 4.78 is 13.9. The molecule has 0 saturated heterocycles. The summed E-state index contributed by atoms with van der Waals surface area (Å²) in [5.41, 5.74) is 6.49. The van der Waals surface area contributed by atoms with Crippen LogP contribution in [0.1, 0.15) is 32.4 Å². The van der Waals surface area contributed by atoms with Crippen molar-refractivity contribution in [1.82, 2.24) is 10.2 Å². The number of benzene rings is 1. The Bertz CT molecular complexity index is 448. The van der Waals surface area contributed by atoms with Gasteiger partial charge in [0.05, 0.1) is 12.6 Å². The van der Waals surface area contributed by atoms with Crippen LogP contribution < -0.4 is 11.1 Å². The zero-order chi connectivity index (χ0) is 15.3. The Kier molecular flexibility index (Phi) is 6.10. The monoisotopic (exact) mass is 281 g/mol. The molecule has 1 aromatic rings. The number of halogens is 1. The quantitative estimate of drug-likeness (QED) is 0.834. The molecule has 112 valence electrons. The number of likely N-dealkylation sites (N-methyl/N-ethyl adjacent to an activating group) is 1. The van der Waals surface area contributed by atoms with Gasteiger partial charge in [-0.15, -0.1) is 0 Å². The average molecular weight is 281 g/mol. The molecule has 0 aliphatic rings. The first-order valence-corrected chi connectivity index (χ1v) is 6.82. The van der Waals surface area contributed by atoms with Crippen molar-refractivity contribution >= 4 is 5.91 Å². The van der Waals surface area contributed by atoms with Crippen LogP contribution in [0.4, 0.5) is 4.39 Å². The molecule has 0 aliphatic heterocycles. The van der Waals surface area contributed by atoms with Gasteiger partial charge in [-0.05, 0) is 33.9 Å². The first-order chi connectivity index (χ1) is 9.32. The number of nitrogens with zero attached hydrogens (tertiary/aromatic N) is 1. The third kappa shape index (κ3) is 4.58. The van der Waals surface area contributed by atoms with Gasteiger partial charge in [0.2, 0.25) is 5.91 Å². The lowest BCUT2D eigenvalue weighted by Crippen LogP contribution is -2.44. The lowest BCUT2D eigenvalue weighted by molar-refractivity contribution is -0.123. The van der Waals surface area contributed by atoms with Crippen molar-refractivity contribution in [2.75, 3.05) is 13.6 Å². The molecule has 3 N–H and O–H groups in total. The highest BCUT2D eigenvalue weighted by molar-refractivity contribution is 5.78. The Morgan fingerprint density at radius 2 is 1.95 bits per heavy atom.